The van der Waals surface area contributed by atoms with Crippen LogP contribution in [0.1, 0.15) is 45.2 Å². The monoisotopic (exact) mass is 333 g/mol. The van der Waals surface area contributed by atoms with Gasteiger partial charge in [0, 0.05) is 18.5 Å². The van der Waals surface area contributed by atoms with E-state index in [4.69, 9.17) is 9.47 Å². The summed E-state index contributed by atoms with van der Waals surface area (Å²) in [5, 5.41) is 0. The van der Waals surface area contributed by atoms with Crippen LogP contribution in [0.3, 0.4) is 0 Å². The molecule has 132 valence electrons. The molecule has 2 rings (SSSR count). The van der Waals surface area contributed by atoms with Gasteiger partial charge >= 0.3 is 12.1 Å². The fourth-order valence-electron chi connectivity index (χ4n) is 3.17. The van der Waals surface area contributed by atoms with Crippen LogP contribution in [0.4, 0.5) is 4.79 Å². The minimum Gasteiger partial charge on any atom is -0.466 e. The van der Waals surface area contributed by atoms with Crippen molar-refractivity contribution in [1.82, 2.24) is 4.90 Å². The molecule has 0 aromatic heterocycles. The van der Waals surface area contributed by atoms with Crippen LogP contribution < -0.4 is 0 Å². The average Bonchev–Trinajstić information content (AvgIpc) is 2.41. The molecule has 1 amide bonds. The van der Waals surface area contributed by atoms with Gasteiger partial charge in [0.25, 0.3) is 0 Å². The third-order valence-electron chi connectivity index (χ3n) is 4.14. The van der Waals surface area contributed by atoms with Crippen LogP contribution in [-0.2, 0) is 19.7 Å². The normalized spacial score (nSPS) is 16.3. The maximum Gasteiger partial charge on any atom is 0.410 e. The van der Waals surface area contributed by atoms with Gasteiger partial charge in [0.15, 0.2) is 0 Å². The zero-order chi connectivity index (χ0) is 18.0. The van der Waals surface area contributed by atoms with E-state index in [0.717, 1.165) is 11.1 Å². The molecule has 1 heterocycles. The maximum absolute atomic E-state index is 12.2. The van der Waals surface area contributed by atoms with E-state index in [-0.39, 0.29) is 18.5 Å². The second kappa shape index (κ2) is 6.83. The van der Waals surface area contributed by atoms with Crippen molar-refractivity contribution in [2.45, 2.75) is 52.1 Å². The lowest BCUT2D eigenvalue weighted by atomic mass is 9.70. The number of hydrogen-bond acceptors (Lipinski definition) is 4. The summed E-state index contributed by atoms with van der Waals surface area (Å²) >= 11 is 0. The highest BCUT2D eigenvalue weighted by atomic mass is 16.6. The van der Waals surface area contributed by atoms with Gasteiger partial charge in [-0.3, -0.25) is 4.79 Å². The third-order valence-corrected chi connectivity index (χ3v) is 4.14. The Balaban J connectivity index is 2.18. The molecule has 0 radical (unpaired) electrons. The molecule has 0 atom stereocenters. The van der Waals surface area contributed by atoms with Crippen molar-refractivity contribution in [3.8, 4) is 0 Å². The van der Waals surface area contributed by atoms with Crippen LogP contribution in [0.5, 0.6) is 0 Å². The van der Waals surface area contributed by atoms with E-state index in [2.05, 4.69) is 0 Å². The lowest BCUT2D eigenvalue weighted by Gasteiger charge is -2.50. The largest absolute Gasteiger partial charge is 0.466 e. The first-order valence-corrected chi connectivity index (χ1v) is 8.36. The zero-order valence-electron chi connectivity index (χ0n) is 15.2. The van der Waals surface area contributed by atoms with E-state index in [0.29, 0.717) is 19.7 Å². The summed E-state index contributed by atoms with van der Waals surface area (Å²) < 4.78 is 10.6. The molecule has 1 aromatic carbocycles. The summed E-state index contributed by atoms with van der Waals surface area (Å²) in [5.41, 5.74) is 1.29. The van der Waals surface area contributed by atoms with E-state index in [1.165, 1.54) is 0 Å². The SMILES string of the molecule is CCOC(=O)CC1(c2ccccc2C)CN(C(=O)OC(C)(C)C)C1. The van der Waals surface area contributed by atoms with Crippen molar-refractivity contribution in [1.29, 1.82) is 0 Å². The standard InChI is InChI=1S/C19H27NO4/c1-6-23-16(21)11-19(15-10-8-7-9-14(15)2)12-20(13-19)17(22)24-18(3,4)5/h7-10H,6,11-13H2,1-5H3. The van der Waals surface area contributed by atoms with Gasteiger partial charge in [0.1, 0.15) is 5.60 Å². The Morgan fingerprint density at radius 2 is 1.83 bits per heavy atom. The van der Waals surface area contributed by atoms with E-state index < -0.39 is 11.0 Å². The van der Waals surface area contributed by atoms with Crippen LogP contribution in [0, 0.1) is 6.92 Å². The van der Waals surface area contributed by atoms with Gasteiger partial charge < -0.3 is 14.4 Å². The second-order valence-electron chi connectivity index (χ2n) is 7.41. The van der Waals surface area contributed by atoms with Gasteiger partial charge in [-0.15, -0.1) is 0 Å². The molecule has 1 aliphatic heterocycles. The van der Waals surface area contributed by atoms with E-state index in [1.807, 2.05) is 52.0 Å². The molecule has 0 saturated carbocycles. The number of likely N-dealkylation sites (tertiary alicyclic amines) is 1. The number of ether oxygens (including phenoxy) is 2. The number of rotatable bonds is 4. The van der Waals surface area contributed by atoms with Gasteiger partial charge in [0.05, 0.1) is 13.0 Å². The summed E-state index contributed by atoms with van der Waals surface area (Å²) in [4.78, 5) is 26.0. The van der Waals surface area contributed by atoms with Crippen LogP contribution in [0.15, 0.2) is 24.3 Å². The van der Waals surface area contributed by atoms with Crippen molar-refractivity contribution in [2.75, 3.05) is 19.7 Å². The van der Waals surface area contributed by atoms with Crippen LogP contribution >= 0.6 is 0 Å². The first-order valence-electron chi connectivity index (χ1n) is 8.36. The molecular formula is C19H27NO4. The Bertz CT molecular complexity index is 612. The van der Waals surface area contributed by atoms with E-state index in [9.17, 15) is 9.59 Å². The van der Waals surface area contributed by atoms with Gasteiger partial charge in [-0.2, -0.15) is 0 Å². The number of benzene rings is 1. The van der Waals surface area contributed by atoms with Crippen molar-refractivity contribution >= 4 is 12.1 Å². The summed E-state index contributed by atoms with van der Waals surface area (Å²) in [6.45, 7) is 10.6. The summed E-state index contributed by atoms with van der Waals surface area (Å²) in [6, 6.07) is 7.99. The average molecular weight is 333 g/mol. The van der Waals surface area contributed by atoms with Gasteiger partial charge in [-0.05, 0) is 45.7 Å². The Hall–Kier alpha value is -2.04. The molecule has 5 nitrogen and oxygen atoms in total. The smallest absolute Gasteiger partial charge is 0.410 e. The van der Waals surface area contributed by atoms with Gasteiger partial charge in [-0.1, -0.05) is 24.3 Å². The lowest BCUT2D eigenvalue weighted by Crippen LogP contribution is -2.62. The summed E-state index contributed by atoms with van der Waals surface area (Å²) in [5.74, 6) is -0.232. The Morgan fingerprint density at radius 1 is 1.21 bits per heavy atom. The van der Waals surface area contributed by atoms with Crippen molar-refractivity contribution in [3.63, 3.8) is 0 Å². The molecule has 1 saturated heterocycles. The van der Waals surface area contributed by atoms with Crippen molar-refractivity contribution in [2.24, 2.45) is 0 Å². The minimum atomic E-state index is -0.529. The summed E-state index contributed by atoms with van der Waals surface area (Å²) in [6.07, 6.45) is -0.0686. The number of nitrogens with zero attached hydrogens (tertiary/aromatic N) is 1. The highest BCUT2D eigenvalue weighted by Gasteiger charge is 2.49. The number of amides is 1. The quantitative estimate of drug-likeness (QED) is 0.792. The van der Waals surface area contributed by atoms with E-state index in [1.54, 1.807) is 11.8 Å². The molecule has 0 N–H and O–H groups in total. The molecule has 5 heteroatoms. The Labute approximate surface area is 143 Å². The number of carbonyl (C=O) groups excluding carboxylic acids is 2. The predicted molar refractivity (Wildman–Crippen MR) is 91.9 cm³/mol. The molecule has 1 aromatic rings. The molecular weight excluding hydrogens is 306 g/mol. The lowest BCUT2D eigenvalue weighted by molar-refractivity contribution is -0.146. The highest BCUT2D eigenvalue weighted by Crippen LogP contribution is 2.40. The van der Waals surface area contributed by atoms with Crippen LogP contribution in [0.2, 0.25) is 0 Å². The van der Waals surface area contributed by atoms with E-state index >= 15 is 0 Å². The molecule has 24 heavy (non-hydrogen) atoms. The van der Waals surface area contributed by atoms with Gasteiger partial charge in [-0.25, -0.2) is 4.79 Å². The predicted octanol–water partition coefficient (Wildman–Crippen LogP) is 3.44. The fourth-order valence-corrected chi connectivity index (χ4v) is 3.17. The summed E-state index contributed by atoms with van der Waals surface area (Å²) in [7, 11) is 0. The Morgan fingerprint density at radius 3 is 2.38 bits per heavy atom. The fraction of sp³-hybridized carbons (Fsp3) is 0.579. The first kappa shape index (κ1) is 18.3. The molecule has 0 unspecified atom stereocenters. The third kappa shape index (κ3) is 4.08. The first-order chi connectivity index (χ1) is 11.2. The van der Waals surface area contributed by atoms with Crippen molar-refractivity contribution in [3.05, 3.63) is 35.4 Å². The van der Waals surface area contributed by atoms with Crippen LogP contribution in [0.25, 0.3) is 0 Å². The minimum absolute atomic E-state index is 0.232. The van der Waals surface area contributed by atoms with Crippen LogP contribution in [-0.4, -0.2) is 42.3 Å². The Kier molecular flexibility index (Phi) is 5.21. The van der Waals surface area contributed by atoms with Gasteiger partial charge in [0.2, 0.25) is 0 Å². The second-order valence-corrected chi connectivity index (χ2v) is 7.41. The topological polar surface area (TPSA) is 55.8 Å². The highest BCUT2D eigenvalue weighted by molar-refractivity contribution is 5.75. The molecule has 1 fully saturated rings. The molecule has 1 aliphatic rings. The zero-order valence-corrected chi connectivity index (χ0v) is 15.2. The molecule has 0 spiro atoms. The molecule has 0 aliphatic carbocycles. The van der Waals surface area contributed by atoms with Crippen molar-refractivity contribution < 1.29 is 19.1 Å². The number of carbonyl (C=O) groups is 2. The number of hydrogen-bond donors (Lipinski definition) is 0. The number of aryl methyl sites for hydroxylation is 1. The number of esters is 1. The maximum atomic E-state index is 12.2. The molecule has 0 bridgehead atoms.